The maximum absolute atomic E-state index is 6.73. The highest BCUT2D eigenvalue weighted by Gasteiger charge is 2.21. The molecule has 0 amide bonds. The van der Waals surface area contributed by atoms with Crippen molar-refractivity contribution in [1.82, 2.24) is 14.5 Å². The molecule has 6 heteroatoms. The van der Waals surface area contributed by atoms with Crippen molar-refractivity contribution >= 4 is 49.4 Å². The molecule has 6 nitrogen and oxygen atoms in total. The van der Waals surface area contributed by atoms with Crippen LogP contribution in [0.25, 0.3) is 49.6 Å². The van der Waals surface area contributed by atoms with Crippen molar-refractivity contribution in [3.05, 3.63) is 115 Å². The lowest BCUT2D eigenvalue weighted by molar-refractivity contribution is 0.475. The van der Waals surface area contributed by atoms with E-state index in [0.717, 1.165) is 62.3 Å². The number of fused-ring (bicyclic) bond motifs is 6. The van der Waals surface area contributed by atoms with Crippen LogP contribution in [0.2, 0.25) is 0 Å². The molecule has 8 rings (SSSR count). The molecule has 43 heavy (non-hydrogen) atoms. The number of hydrogen-bond acceptors (Lipinski definition) is 5. The van der Waals surface area contributed by atoms with Gasteiger partial charge in [0, 0.05) is 65.0 Å². The van der Waals surface area contributed by atoms with Crippen LogP contribution in [0.1, 0.15) is 26.3 Å². The topological polar surface area (TPSA) is 46.7 Å². The van der Waals surface area contributed by atoms with Gasteiger partial charge in [0.15, 0.2) is 11.3 Å². The second kappa shape index (κ2) is 9.39. The normalized spacial score (nSPS) is 13.8. The Labute approximate surface area is 250 Å². The van der Waals surface area contributed by atoms with Crippen molar-refractivity contribution in [1.29, 1.82) is 0 Å². The summed E-state index contributed by atoms with van der Waals surface area (Å²) in [4.78, 5) is 9.19. The third-order valence-electron chi connectivity index (χ3n) is 8.35. The maximum Gasteiger partial charge on any atom is 0.178 e. The lowest BCUT2D eigenvalue weighted by Crippen LogP contribution is -2.21. The van der Waals surface area contributed by atoms with Gasteiger partial charge in [-0.25, -0.2) is 4.98 Å². The molecule has 0 unspecified atom stereocenters. The largest absolute Gasteiger partial charge is 0.453 e. The zero-order chi connectivity index (χ0) is 29.3. The fraction of sp³-hybridized carbons (Fsp3) is 0.162. The highest BCUT2D eigenvalue weighted by molar-refractivity contribution is 6.10. The average Bonchev–Trinajstić information content (AvgIpc) is 3.70. The number of pyridine rings is 1. The minimum Gasteiger partial charge on any atom is -0.453 e. The quantitative estimate of drug-likeness (QED) is 0.213. The monoisotopic (exact) mass is 564 g/mol. The molecule has 0 saturated heterocycles. The van der Waals surface area contributed by atoms with Gasteiger partial charge < -0.3 is 19.0 Å². The molecule has 0 N–H and O–H groups in total. The lowest BCUT2D eigenvalue weighted by Gasteiger charge is -2.20. The summed E-state index contributed by atoms with van der Waals surface area (Å²) in [5, 5.41) is 4.43. The molecule has 0 radical (unpaired) electrons. The molecule has 0 atom stereocenters. The molecule has 4 heterocycles. The van der Waals surface area contributed by atoms with Gasteiger partial charge in [-0.1, -0.05) is 57.2 Å². The molecule has 1 aliphatic heterocycles. The molecule has 212 valence electrons. The Morgan fingerprint density at radius 1 is 0.767 bits per heavy atom. The van der Waals surface area contributed by atoms with Crippen LogP contribution in [0.5, 0.6) is 11.5 Å². The van der Waals surface area contributed by atoms with Crippen LogP contribution in [0, 0.1) is 0 Å². The SMILES string of the molecule is CN1C=CN(c2cc(Oc3ccc4c5ccccc5n(-c5cc(C(C)(C)C)ccn5)c4c3)c3oc4ccccc4c3c2)C1. The van der Waals surface area contributed by atoms with E-state index in [0.29, 0.717) is 5.75 Å². The fourth-order valence-electron chi connectivity index (χ4n) is 6.11. The number of para-hydroxylation sites is 2. The van der Waals surface area contributed by atoms with E-state index in [1.165, 1.54) is 10.9 Å². The summed E-state index contributed by atoms with van der Waals surface area (Å²) >= 11 is 0. The van der Waals surface area contributed by atoms with Crippen molar-refractivity contribution in [2.24, 2.45) is 0 Å². The van der Waals surface area contributed by atoms with E-state index >= 15 is 0 Å². The highest BCUT2D eigenvalue weighted by Crippen LogP contribution is 2.42. The molecule has 0 aliphatic carbocycles. The summed E-state index contributed by atoms with van der Waals surface area (Å²) in [5.74, 6) is 2.31. The Morgan fingerprint density at radius 3 is 2.37 bits per heavy atom. The van der Waals surface area contributed by atoms with Crippen LogP contribution in [0.4, 0.5) is 5.69 Å². The van der Waals surface area contributed by atoms with Gasteiger partial charge in [-0.3, -0.25) is 4.57 Å². The van der Waals surface area contributed by atoms with Gasteiger partial charge in [0.2, 0.25) is 0 Å². The molecular formula is C37H32N4O2. The van der Waals surface area contributed by atoms with Crippen LogP contribution in [0.3, 0.4) is 0 Å². The van der Waals surface area contributed by atoms with Crippen molar-refractivity contribution in [2.75, 3.05) is 18.6 Å². The van der Waals surface area contributed by atoms with Gasteiger partial charge in [0.25, 0.3) is 0 Å². The second-order valence-electron chi connectivity index (χ2n) is 12.4. The van der Waals surface area contributed by atoms with Crippen LogP contribution in [-0.2, 0) is 5.41 Å². The number of rotatable bonds is 4. The molecule has 7 aromatic rings. The minimum absolute atomic E-state index is 0.00697. The van der Waals surface area contributed by atoms with Crippen molar-refractivity contribution in [3.63, 3.8) is 0 Å². The summed E-state index contributed by atoms with van der Waals surface area (Å²) < 4.78 is 15.4. The van der Waals surface area contributed by atoms with Crippen molar-refractivity contribution in [3.8, 4) is 17.3 Å². The lowest BCUT2D eigenvalue weighted by atomic mass is 9.88. The molecule has 4 aromatic carbocycles. The van der Waals surface area contributed by atoms with Crippen LogP contribution >= 0.6 is 0 Å². The van der Waals surface area contributed by atoms with E-state index in [9.17, 15) is 0 Å². The Balaban J connectivity index is 1.31. The first-order chi connectivity index (χ1) is 20.8. The number of benzene rings is 4. The molecular weight excluding hydrogens is 532 g/mol. The Hall–Kier alpha value is -5.23. The summed E-state index contributed by atoms with van der Waals surface area (Å²) in [7, 11) is 2.07. The van der Waals surface area contributed by atoms with Gasteiger partial charge in [-0.05, 0) is 53.4 Å². The van der Waals surface area contributed by atoms with E-state index in [2.05, 4.69) is 121 Å². The molecule has 1 aliphatic rings. The zero-order valence-corrected chi connectivity index (χ0v) is 24.7. The van der Waals surface area contributed by atoms with Crippen molar-refractivity contribution in [2.45, 2.75) is 26.2 Å². The van der Waals surface area contributed by atoms with E-state index in [1.807, 2.05) is 30.5 Å². The maximum atomic E-state index is 6.73. The third kappa shape index (κ3) is 4.21. The van der Waals surface area contributed by atoms with Gasteiger partial charge >= 0.3 is 0 Å². The Kier molecular flexibility index (Phi) is 5.57. The Bertz CT molecular complexity index is 2220. The third-order valence-corrected chi connectivity index (χ3v) is 8.35. The zero-order valence-electron chi connectivity index (χ0n) is 24.7. The fourth-order valence-corrected chi connectivity index (χ4v) is 6.11. The first kappa shape index (κ1) is 25.5. The molecule has 0 fully saturated rings. The van der Waals surface area contributed by atoms with Gasteiger partial charge in [-0.2, -0.15) is 0 Å². The number of anilines is 1. The molecule has 0 spiro atoms. The summed E-state index contributed by atoms with van der Waals surface area (Å²) in [5.41, 5.74) is 6.02. The Morgan fingerprint density at radius 2 is 1.56 bits per heavy atom. The van der Waals surface area contributed by atoms with E-state index in [1.54, 1.807) is 0 Å². The predicted molar refractivity (Wildman–Crippen MR) is 175 cm³/mol. The summed E-state index contributed by atoms with van der Waals surface area (Å²) in [6.07, 6.45) is 6.08. The smallest absolute Gasteiger partial charge is 0.178 e. The molecule has 0 saturated carbocycles. The average molecular weight is 565 g/mol. The number of aromatic nitrogens is 2. The molecule has 3 aromatic heterocycles. The van der Waals surface area contributed by atoms with Crippen LogP contribution < -0.4 is 9.64 Å². The van der Waals surface area contributed by atoms with Gasteiger partial charge in [-0.15, -0.1) is 0 Å². The molecule has 0 bridgehead atoms. The first-order valence-electron chi connectivity index (χ1n) is 14.6. The summed E-state index contributed by atoms with van der Waals surface area (Å²) in [6.45, 7) is 7.46. The van der Waals surface area contributed by atoms with Crippen LogP contribution in [0.15, 0.2) is 114 Å². The van der Waals surface area contributed by atoms with E-state index in [4.69, 9.17) is 14.1 Å². The van der Waals surface area contributed by atoms with Crippen molar-refractivity contribution < 1.29 is 9.15 Å². The standard InChI is InChI=1S/C37H32N4O2/c1-37(2,3)24-15-16-38-35(19-24)41-31-11-7-5-9-27(31)28-14-13-26(22-32(28)41)42-34-21-25(40-18-17-39(4)23-40)20-30-29-10-6-8-12-33(29)43-36(30)34/h5-22H,23H2,1-4H3. The minimum atomic E-state index is 0.00697. The predicted octanol–water partition coefficient (Wildman–Crippen LogP) is 9.35. The second-order valence-corrected chi connectivity index (χ2v) is 12.4. The van der Waals surface area contributed by atoms with Gasteiger partial charge in [0.05, 0.1) is 17.7 Å². The number of hydrogen-bond donors (Lipinski definition) is 0. The first-order valence-corrected chi connectivity index (χ1v) is 14.6. The highest BCUT2D eigenvalue weighted by atomic mass is 16.5. The van der Waals surface area contributed by atoms with E-state index in [-0.39, 0.29) is 5.41 Å². The number of furan rings is 1. The van der Waals surface area contributed by atoms with E-state index < -0.39 is 0 Å². The number of ether oxygens (including phenoxy) is 1. The van der Waals surface area contributed by atoms with Gasteiger partial charge in [0.1, 0.15) is 17.2 Å². The summed E-state index contributed by atoms with van der Waals surface area (Å²) in [6, 6.07) is 31.5. The number of nitrogens with zero attached hydrogens (tertiary/aromatic N) is 4. The van der Waals surface area contributed by atoms with Crippen LogP contribution in [-0.4, -0.2) is 28.2 Å².